The molecule has 1 saturated heterocycles. The molecule has 1 heterocycles. The summed E-state index contributed by atoms with van der Waals surface area (Å²) in [7, 11) is 2.24. The number of hydrogen-bond donors (Lipinski definition) is 1. The topological polar surface area (TPSA) is 35.8 Å². The molecule has 3 atom stereocenters. The third kappa shape index (κ3) is 1.47. The highest BCUT2D eigenvalue weighted by Crippen LogP contribution is 2.52. The normalized spacial score (nSPS) is 37.5. The van der Waals surface area contributed by atoms with E-state index in [1.165, 1.54) is 11.1 Å². The molecule has 4 rings (SSSR count). The molecule has 0 spiro atoms. The van der Waals surface area contributed by atoms with E-state index in [2.05, 4.69) is 47.4 Å². The van der Waals surface area contributed by atoms with Crippen molar-refractivity contribution in [1.29, 1.82) is 0 Å². The van der Waals surface area contributed by atoms with E-state index in [9.17, 15) is 5.21 Å². The number of allylic oxidation sites excluding steroid dienone is 1. The summed E-state index contributed by atoms with van der Waals surface area (Å²) in [5, 5.41) is 12.7. The van der Waals surface area contributed by atoms with Gasteiger partial charge in [0.25, 0.3) is 0 Å². The van der Waals surface area contributed by atoms with Gasteiger partial charge in [-0.15, -0.1) is 0 Å². The first-order valence-electron chi connectivity index (χ1n) is 7.42. The minimum atomic E-state index is 0.141. The lowest BCUT2D eigenvalue weighted by atomic mass is 9.54. The Kier molecular flexibility index (Phi) is 2.55. The molecule has 104 valence electrons. The van der Waals surface area contributed by atoms with E-state index in [0.717, 1.165) is 31.5 Å². The lowest BCUT2D eigenvalue weighted by molar-refractivity contribution is 0.0582. The number of nitrogens with zero attached hydrogens (tertiary/aromatic N) is 2. The van der Waals surface area contributed by atoms with Crippen molar-refractivity contribution in [1.82, 2.24) is 4.90 Å². The van der Waals surface area contributed by atoms with Crippen LogP contribution in [0, 0.1) is 5.92 Å². The molecule has 1 aromatic rings. The molecule has 20 heavy (non-hydrogen) atoms. The first-order valence-corrected chi connectivity index (χ1v) is 7.42. The minimum absolute atomic E-state index is 0.141. The van der Waals surface area contributed by atoms with Crippen molar-refractivity contribution >= 4 is 5.71 Å². The highest BCUT2D eigenvalue weighted by atomic mass is 16.4. The quantitative estimate of drug-likeness (QED) is 0.580. The number of oxime groups is 1. The zero-order valence-electron chi connectivity index (χ0n) is 11.8. The minimum Gasteiger partial charge on any atom is -0.411 e. The molecular formula is C17H20N2O. The maximum absolute atomic E-state index is 9.20. The van der Waals surface area contributed by atoms with Gasteiger partial charge in [-0.2, -0.15) is 0 Å². The third-order valence-electron chi connectivity index (χ3n) is 5.63. The summed E-state index contributed by atoms with van der Waals surface area (Å²) in [5.74, 6) is 0.543. The molecule has 3 nitrogen and oxygen atoms in total. The highest BCUT2D eigenvalue weighted by molar-refractivity contribution is 5.96. The van der Waals surface area contributed by atoms with Crippen LogP contribution in [-0.4, -0.2) is 35.5 Å². The molecule has 2 aliphatic carbocycles. The molecule has 1 aliphatic heterocycles. The average molecular weight is 268 g/mol. The Bertz CT molecular complexity index is 607. The number of piperidine rings is 1. The third-order valence-corrected chi connectivity index (χ3v) is 5.63. The lowest BCUT2D eigenvalue weighted by Crippen LogP contribution is -2.59. The fourth-order valence-electron chi connectivity index (χ4n) is 4.64. The zero-order valence-corrected chi connectivity index (χ0v) is 11.8. The van der Waals surface area contributed by atoms with Crippen LogP contribution >= 0.6 is 0 Å². The van der Waals surface area contributed by atoms with Crippen LogP contribution in [0.4, 0.5) is 0 Å². The van der Waals surface area contributed by atoms with Crippen LogP contribution in [-0.2, 0) is 11.8 Å². The Morgan fingerprint density at radius 1 is 1.35 bits per heavy atom. The molecule has 3 heteroatoms. The largest absolute Gasteiger partial charge is 0.411 e. The van der Waals surface area contributed by atoms with Gasteiger partial charge in [0.2, 0.25) is 0 Å². The SMILES string of the molecule is CN1CC[C@]23CC(=NO)C=C[C@H]2[C@H]1Cc1ccccc13. The van der Waals surface area contributed by atoms with Gasteiger partial charge in [-0.3, -0.25) is 0 Å². The molecule has 0 unspecified atom stereocenters. The van der Waals surface area contributed by atoms with Crippen LogP contribution in [0.5, 0.6) is 0 Å². The molecule has 0 amide bonds. The monoisotopic (exact) mass is 268 g/mol. The van der Waals surface area contributed by atoms with E-state index >= 15 is 0 Å². The maximum Gasteiger partial charge on any atom is 0.0801 e. The summed E-state index contributed by atoms with van der Waals surface area (Å²) in [4.78, 5) is 2.50. The van der Waals surface area contributed by atoms with E-state index < -0.39 is 0 Å². The van der Waals surface area contributed by atoms with Gasteiger partial charge in [0.1, 0.15) is 0 Å². The van der Waals surface area contributed by atoms with E-state index in [4.69, 9.17) is 0 Å². The summed E-state index contributed by atoms with van der Waals surface area (Å²) in [5.41, 5.74) is 3.93. The molecule has 2 bridgehead atoms. The second-order valence-corrected chi connectivity index (χ2v) is 6.47. The van der Waals surface area contributed by atoms with Crippen LogP contribution < -0.4 is 0 Å². The van der Waals surface area contributed by atoms with Gasteiger partial charge >= 0.3 is 0 Å². The summed E-state index contributed by atoms with van der Waals surface area (Å²) < 4.78 is 0. The van der Waals surface area contributed by atoms with Crippen molar-refractivity contribution in [3.8, 4) is 0 Å². The predicted molar refractivity (Wildman–Crippen MR) is 79.3 cm³/mol. The Balaban J connectivity index is 1.93. The molecule has 1 aromatic carbocycles. The summed E-state index contributed by atoms with van der Waals surface area (Å²) in [6, 6.07) is 9.43. The number of likely N-dealkylation sites (N-methyl/N-ethyl adjacent to an activating group) is 1. The Morgan fingerprint density at radius 2 is 2.20 bits per heavy atom. The highest BCUT2D eigenvalue weighted by Gasteiger charge is 2.52. The van der Waals surface area contributed by atoms with Crippen molar-refractivity contribution in [2.45, 2.75) is 30.7 Å². The van der Waals surface area contributed by atoms with Gasteiger partial charge in [0.15, 0.2) is 0 Å². The van der Waals surface area contributed by atoms with Crippen molar-refractivity contribution in [2.75, 3.05) is 13.6 Å². The number of benzene rings is 1. The second-order valence-electron chi connectivity index (χ2n) is 6.47. The second kappa shape index (κ2) is 4.19. The molecule has 0 saturated carbocycles. The zero-order chi connectivity index (χ0) is 13.7. The van der Waals surface area contributed by atoms with Crippen LogP contribution in [0.2, 0.25) is 0 Å². The van der Waals surface area contributed by atoms with E-state index in [1.54, 1.807) is 0 Å². The Morgan fingerprint density at radius 3 is 3.05 bits per heavy atom. The van der Waals surface area contributed by atoms with Gasteiger partial charge in [-0.05, 0) is 43.6 Å². The van der Waals surface area contributed by atoms with E-state index in [1.807, 2.05) is 6.08 Å². The van der Waals surface area contributed by atoms with Crippen LogP contribution in [0.15, 0.2) is 41.6 Å². The van der Waals surface area contributed by atoms with Crippen LogP contribution in [0.25, 0.3) is 0 Å². The lowest BCUT2D eigenvalue weighted by Gasteiger charge is -2.56. The molecule has 1 fully saturated rings. The maximum atomic E-state index is 9.20. The van der Waals surface area contributed by atoms with Gasteiger partial charge < -0.3 is 10.1 Å². The van der Waals surface area contributed by atoms with Gasteiger partial charge in [-0.1, -0.05) is 35.5 Å². The van der Waals surface area contributed by atoms with Crippen LogP contribution in [0.1, 0.15) is 24.0 Å². The van der Waals surface area contributed by atoms with Crippen molar-refractivity contribution in [3.05, 3.63) is 47.5 Å². The Labute approximate surface area is 119 Å². The van der Waals surface area contributed by atoms with E-state index in [0.29, 0.717) is 12.0 Å². The van der Waals surface area contributed by atoms with Gasteiger partial charge in [0, 0.05) is 23.8 Å². The molecule has 0 aromatic heterocycles. The summed E-state index contributed by atoms with van der Waals surface area (Å²) >= 11 is 0. The van der Waals surface area contributed by atoms with Gasteiger partial charge in [-0.25, -0.2) is 0 Å². The van der Waals surface area contributed by atoms with Gasteiger partial charge in [0.05, 0.1) is 5.71 Å². The first-order chi connectivity index (χ1) is 9.74. The van der Waals surface area contributed by atoms with Crippen molar-refractivity contribution < 1.29 is 5.21 Å². The number of hydrogen-bond acceptors (Lipinski definition) is 3. The summed E-state index contributed by atoms with van der Waals surface area (Å²) in [6.45, 7) is 1.13. The van der Waals surface area contributed by atoms with E-state index in [-0.39, 0.29) is 5.41 Å². The number of likely N-dealkylation sites (tertiary alicyclic amines) is 1. The molecular weight excluding hydrogens is 248 g/mol. The molecule has 1 N–H and O–H groups in total. The fraction of sp³-hybridized carbons (Fsp3) is 0.471. The van der Waals surface area contributed by atoms with Crippen LogP contribution in [0.3, 0.4) is 0 Å². The number of rotatable bonds is 0. The number of fused-ring (bicyclic) bond motifs is 1. The summed E-state index contributed by atoms with van der Waals surface area (Å²) in [6.07, 6.45) is 7.45. The van der Waals surface area contributed by atoms with Crippen molar-refractivity contribution in [2.24, 2.45) is 11.1 Å². The molecule has 0 radical (unpaired) electrons. The Hall–Kier alpha value is -1.61. The first kappa shape index (κ1) is 12.2. The van der Waals surface area contributed by atoms with Crippen molar-refractivity contribution in [3.63, 3.8) is 0 Å². The standard InChI is InChI=1S/C17H20N2O/c1-19-9-8-17-11-13(18-20)6-7-15(17)16(19)10-12-4-2-3-5-14(12)17/h2-7,15-16,20H,8-11H2,1H3/t15-,16+,17+/m0/s1. The average Bonchev–Trinajstić information content (AvgIpc) is 2.50. The predicted octanol–water partition coefficient (Wildman–Crippen LogP) is 2.59. The smallest absolute Gasteiger partial charge is 0.0801 e. The molecule has 3 aliphatic rings. The fourth-order valence-corrected chi connectivity index (χ4v) is 4.64.